The summed E-state index contributed by atoms with van der Waals surface area (Å²) in [5.74, 6) is -3.74. The number of nitrogens with one attached hydrogen (secondary N) is 1. The fourth-order valence-electron chi connectivity index (χ4n) is 1.56. The van der Waals surface area contributed by atoms with E-state index in [0.29, 0.717) is 5.52 Å². The number of hydrogen-bond donors (Lipinski definition) is 2. The number of rotatable bonds is 4. The van der Waals surface area contributed by atoms with Gasteiger partial charge in [0.25, 0.3) is 11.8 Å². The van der Waals surface area contributed by atoms with Crippen LogP contribution in [0.1, 0.15) is 10.5 Å². The smallest absolute Gasteiger partial charge is 0.277 e. The zero-order chi connectivity index (χ0) is 13.9. The van der Waals surface area contributed by atoms with Gasteiger partial charge in [0.1, 0.15) is 5.69 Å². The van der Waals surface area contributed by atoms with E-state index < -0.39 is 24.9 Å². The van der Waals surface area contributed by atoms with Gasteiger partial charge in [0.2, 0.25) is 0 Å². The molecule has 19 heavy (non-hydrogen) atoms. The summed E-state index contributed by atoms with van der Waals surface area (Å²) in [6.07, 6.45) is 0. The summed E-state index contributed by atoms with van der Waals surface area (Å²) < 4.78 is 25.8. The minimum atomic E-state index is -3.10. The predicted octanol–water partition coefficient (Wildman–Crippen LogP) is 1.56. The molecule has 6 heteroatoms. The molecule has 1 aromatic carbocycles. The molecule has 0 aliphatic carbocycles. The number of benzene rings is 1. The van der Waals surface area contributed by atoms with E-state index in [0.717, 1.165) is 5.39 Å². The van der Waals surface area contributed by atoms with E-state index in [1.807, 2.05) is 12.1 Å². The highest BCUT2D eigenvalue weighted by atomic mass is 19.3. The zero-order valence-electron chi connectivity index (χ0n) is 10.1. The number of nitrogens with zero attached hydrogens (tertiary/aromatic N) is 1. The number of nitrogens with two attached hydrogens (primary N) is 1. The monoisotopic (exact) mass is 265 g/mol. The third-order valence-corrected chi connectivity index (χ3v) is 2.64. The van der Waals surface area contributed by atoms with E-state index in [1.54, 1.807) is 18.2 Å². The lowest BCUT2D eigenvalue weighted by atomic mass is 10.2. The number of para-hydroxylation sites is 1. The zero-order valence-corrected chi connectivity index (χ0v) is 10.1. The van der Waals surface area contributed by atoms with Crippen LogP contribution in [0, 0.1) is 0 Å². The predicted molar refractivity (Wildman–Crippen MR) is 68.1 cm³/mol. The number of halogens is 2. The number of carbonyl (C=O) groups excluding carboxylic acids is 1. The highest BCUT2D eigenvalue weighted by Crippen LogP contribution is 2.12. The van der Waals surface area contributed by atoms with Crippen LogP contribution in [0.15, 0.2) is 36.4 Å². The van der Waals surface area contributed by atoms with Gasteiger partial charge in [0.05, 0.1) is 18.6 Å². The van der Waals surface area contributed by atoms with Crippen LogP contribution in [0.4, 0.5) is 8.78 Å². The molecule has 0 spiro atoms. The Hall–Kier alpha value is -2.08. The lowest BCUT2D eigenvalue weighted by Crippen LogP contribution is -2.41. The Bertz CT molecular complexity index is 601. The van der Waals surface area contributed by atoms with Crippen LogP contribution in [0.3, 0.4) is 0 Å². The maximum Gasteiger partial charge on any atom is 0.277 e. The Morgan fingerprint density at radius 1 is 1.26 bits per heavy atom. The van der Waals surface area contributed by atoms with E-state index in [9.17, 15) is 13.6 Å². The molecule has 100 valence electrons. The lowest BCUT2D eigenvalue weighted by molar-refractivity contribution is 0.0118. The van der Waals surface area contributed by atoms with Gasteiger partial charge in [0.15, 0.2) is 0 Å². The second-order valence-electron chi connectivity index (χ2n) is 4.13. The molecule has 0 fully saturated rings. The van der Waals surface area contributed by atoms with Gasteiger partial charge in [0, 0.05) is 5.39 Å². The molecule has 2 aromatic rings. The summed E-state index contributed by atoms with van der Waals surface area (Å²) in [5, 5.41) is 3.00. The van der Waals surface area contributed by atoms with Crippen molar-refractivity contribution in [3.8, 4) is 0 Å². The summed E-state index contributed by atoms with van der Waals surface area (Å²) in [6.45, 7) is -1.60. The van der Waals surface area contributed by atoms with Crippen molar-refractivity contribution >= 4 is 16.8 Å². The number of amides is 1. The van der Waals surface area contributed by atoms with Crippen LogP contribution in [-0.4, -0.2) is 29.9 Å². The van der Waals surface area contributed by atoms with Crippen molar-refractivity contribution in [3.63, 3.8) is 0 Å². The van der Waals surface area contributed by atoms with E-state index in [4.69, 9.17) is 5.73 Å². The number of alkyl halides is 2. The van der Waals surface area contributed by atoms with Gasteiger partial charge in [-0.2, -0.15) is 0 Å². The van der Waals surface area contributed by atoms with Gasteiger partial charge >= 0.3 is 0 Å². The first-order valence-corrected chi connectivity index (χ1v) is 5.74. The maximum atomic E-state index is 12.9. The quantitative estimate of drug-likeness (QED) is 0.881. The fourth-order valence-corrected chi connectivity index (χ4v) is 1.56. The normalized spacial score (nSPS) is 11.5. The summed E-state index contributed by atoms with van der Waals surface area (Å²) in [5.41, 5.74) is 5.63. The van der Waals surface area contributed by atoms with Crippen LogP contribution in [0.2, 0.25) is 0 Å². The van der Waals surface area contributed by atoms with Gasteiger partial charge in [-0.05, 0) is 12.1 Å². The van der Waals surface area contributed by atoms with E-state index in [-0.39, 0.29) is 5.69 Å². The van der Waals surface area contributed by atoms with Gasteiger partial charge in [-0.3, -0.25) is 4.79 Å². The third kappa shape index (κ3) is 3.23. The number of fused-ring (bicyclic) bond motifs is 1. The average molecular weight is 265 g/mol. The fraction of sp³-hybridized carbons (Fsp3) is 0.231. The van der Waals surface area contributed by atoms with Crippen LogP contribution in [-0.2, 0) is 0 Å². The molecule has 0 aliphatic heterocycles. The molecule has 0 saturated carbocycles. The Labute approximate surface area is 108 Å². The number of aromatic nitrogens is 1. The molecule has 4 nitrogen and oxygen atoms in total. The Balaban J connectivity index is 2.13. The number of carbonyl (C=O) groups is 1. The number of hydrogen-bond acceptors (Lipinski definition) is 3. The SMILES string of the molecule is NCC(F)(F)CNC(=O)c1ccc2ccccc2n1. The van der Waals surface area contributed by atoms with Crippen molar-refractivity contribution in [3.05, 3.63) is 42.1 Å². The molecule has 3 N–H and O–H groups in total. The molecule has 0 unspecified atom stereocenters. The van der Waals surface area contributed by atoms with Crippen LogP contribution >= 0.6 is 0 Å². The molecule has 0 radical (unpaired) electrons. The molecule has 1 aromatic heterocycles. The summed E-state index contributed by atoms with van der Waals surface area (Å²) in [6, 6.07) is 10.5. The maximum absolute atomic E-state index is 12.9. The molecule has 1 amide bonds. The van der Waals surface area contributed by atoms with Crippen molar-refractivity contribution in [1.82, 2.24) is 10.3 Å². The summed E-state index contributed by atoms with van der Waals surface area (Å²) >= 11 is 0. The summed E-state index contributed by atoms with van der Waals surface area (Å²) in [4.78, 5) is 15.8. The largest absolute Gasteiger partial charge is 0.345 e. The van der Waals surface area contributed by atoms with Crippen LogP contribution < -0.4 is 11.1 Å². The Morgan fingerprint density at radius 2 is 2.00 bits per heavy atom. The van der Waals surface area contributed by atoms with Gasteiger partial charge in [-0.15, -0.1) is 0 Å². The van der Waals surface area contributed by atoms with E-state index >= 15 is 0 Å². The van der Waals surface area contributed by atoms with E-state index in [1.165, 1.54) is 6.07 Å². The standard InChI is InChI=1S/C13H13F2N3O/c14-13(15,7-16)8-17-12(19)11-6-5-9-3-1-2-4-10(9)18-11/h1-6H,7-8,16H2,(H,17,19). The number of pyridine rings is 1. The Morgan fingerprint density at radius 3 is 2.74 bits per heavy atom. The first-order valence-electron chi connectivity index (χ1n) is 5.74. The highest BCUT2D eigenvalue weighted by Gasteiger charge is 2.27. The van der Waals surface area contributed by atoms with Crippen molar-refractivity contribution in [2.45, 2.75) is 5.92 Å². The first-order chi connectivity index (χ1) is 9.02. The molecule has 0 saturated heterocycles. The minimum absolute atomic E-state index is 0.103. The second-order valence-corrected chi connectivity index (χ2v) is 4.13. The molecule has 2 rings (SSSR count). The lowest BCUT2D eigenvalue weighted by Gasteiger charge is -2.14. The van der Waals surface area contributed by atoms with Crippen LogP contribution in [0.25, 0.3) is 10.9 Å². The molecule has 0 aliphatic rings. The van der Waals surface area contributed by atoms with Crippen molar-refractivity contribution in [1.29, 1.82) is 0 Å². The van der Waals surface area contributed by atoms with E-state index in [2.05, 4.69) is 10.3 Å². The molecule has 0 bridgehead atoms. The van der Waals surface area contributed by atoms with Gasteiger partial charge < -0.3 is 11.1 Å². The topological polar surface area (TPSA) is 68.0 Å². The minimum Gasteiger partial charge on any atom is -0.345 e. The third-order valence-electron chi connectivity index (χ3n) is 2.64. The van der Waals surface area contributed by atoms with Crippen molar-refractivity contribution < 1.29 is 13.6 Å². The molecule has 1 heterocycles. The van der Waals surface area contributed by atoms with Gasteiger partial charge in [-0.25, -0.2) is 13.8 Å². The highest BCUT2D eigenvalue weighted by molar-refractivity contribution is 5.94. The average Bonchev–Trinajstić information content (AvgIpc) is 2.44. The molecular formula is C13H13F2N3O. The Kier molecular flexibility index (Phi) is 3.71. The second kappa shape index (κ2) is 5.27. The van der Waals surface area contributed by atoms with Crippen molar-refractivity contribution in [2.24, 2.45) is 5.73 Å². The first kappa shape index (κ1) is 13.4. The molecule has 0 atom stereocenters. The van der Waals surface area contributed by atoms with Gasteiger partial charge in [-0.1, -0.05) is 24.3 Å². The summed E-state index contributed by atoms with van der Waals surface area (Å²) in [7, 11) is 0. The molecular weight excluding hydrogens is 252 g/mol. The van der Waals surface area contributed by atoms with Crippen molar-refractivity contribution in [2.75, 3.05) is 13.1 Å². The van der Waals surface area contributed by atoms with Crippen LogP contribution in [0.5, 0.6) is 0 Å².